The van der Waals surface area contributed by atoms with Crippen LogP contribution in [0.15, 0.2) is 0 Å². The number of hydrogen-bond donors (Lipinski definition) is 1. The Labute approximate surface area is 210 Å². The molecule has 0 aliphatic rings. The predicted molar refractivity (Wildman–Crippen MR) is 130 cm³/mol. The molecule has 0 aromatic heterocycles. The van der Waals surface area contributed by atoms with E-state index in [9.17, 15) is 24.3 Å². The molecule has 204 valence electrons. The molecular formula is C26H46O9. The van der Waals surface area contributed by atoms with Crippen LogP contribution in [0.2, 0.25) is 0 Å². The summed E-state index contributed by atoms with van der Waals surface area (Å²) in [5, 5.41) is 9.97. The molecule has 0 spiro atoms. The van der Waals surface area contributed by atoms with Crippen LogP contribution in [0.5, 0.6) is 0 Å². The van der Waals surface area contributed by atoms with E-state index in [0.29, 0.717) is 0 Å². The minimum atomic E-state index is -1.84. The average Bonchev–Trinajstić information content (AvgIpc) is 2.83. The summed E-state index contributed by atoms with van der Waals surface area (Å²) in [6, 6.07) is 0. The highest BCUT2D eigenvalue weighted by atomic mass is 16.6. The van der Waals surface area contributed by atoms with Crippen molar-refractivity contribution in [1.82, 2.24) is 0 Å². The van der Waals surface area contributed by atoms with Crippen molar-refractivity contribution in [2.45, 2.75) is 118 Å². The van der Waals surface area contributed by atoms with Gasteiger partial charge in [-0.3, -0.25) is 4.79 Å². The van der Waals surface area contributed by atoms with Crippen LogP contribution in [0.3, 0.4) is 0 Å². The van der Waals surface area contributed by atoms with Gasteiger partial charge < -0.3 is 24.1 Å². The largest absolute Gasteiger partial charge is 0.463 e. The van der Waals surface area contributed by atoms with Crippen molar-refractivity contribution in [1.29, 1.82) is 0 Å². The number of rotatable bonds is 19. The molecule has 0 aliphatic carbocycles. The summed E-state index contributed by atoms with van der Waals surface area (Å²) in [6.45, 7) is 11.4. The van der Waals surface area contributed by atoms with Crippen LogP contribution in [-0.4, -0.2) is 60.5 Å². The molecule has 0 aromatic carbocycles. The summed E-state index contributed by atoms with van der Waals surface area (Å²) in [5.41, 5.74) is 0. The number of unbranched alkanes of at least 4 members (excludes halogenated alkanes) is 2. The standard InChI is InChI=1S/C26H46O9/c1-7-11-13-20(9-3)16-32-24(29)18(5)34-23(28)15-22(27)26(31)35-19(6)25(30)33-17-21(10-4)14-12-8-2/h18-22,27H,7-17H2,1-6H3. The summed E-state index contributed by atoms with van der Waals surface area (Å²) < 4.78 is 20.3. The number of carbonyl (C=O) groups is 4. The average molecular weight is 503 g/mol. The Morgan fingerprint density at radius 2 is 1.11 bits per heavy atom. The van der Waals surface area contributed by atoms with Crippen molar-refractivity contribution in [3.63, 3.8) is 0 Å². The lowest BCUT2D eigenvalue weighted by atomic mass is 10.0. The summed E-state index contributed by atoms with van der Waals surface area (Å²) in [6.07, 6.45) is 2.86. The maximum Gasteiger partial charge on any atom is 0.347 e. The smallest absolute Gasteiger partial charge is 0.347 e. The first kappa shape index (κ1) is 32.8. The van der Waals surface area contributed by atoms with E-state index >= 15 is 0 Å². The maximum atomic E-state index is 12.1. The summed E-state index contributed by atoms with van der Waals surface area (Å²) >= 11 is 0. The second-order valence-electron chi connectivity index (χ2n) is 9.02. The molecule has 0 rings (SSSR count). The summed E-state index contributed by atoms with van der Waals surface area (Å²) in [4.78, 5) is 48.3. The Morgan fingerprint density at radius 1 is 0.686 bits per heavy atom. The fourth-order valence-electron chi connectivity index (χ4n) is 3.27. The van der Waals surface area contributed by atoms with Crippen LogP contribution >= 0.6 is 0 Å². The van der Waals surface area contributed by atoms with Crippen LogP contribution < -0.4 is 0 Å². The van der Waals surface area contributed by atoms with Gasteiger partial charge in [-0.1, -0.05) is 66.2 Å². The van der Waals surface area contributed by atoms with Gasteiger partial charge in [0.2, 0.25) is 0 Å². The van der Waals surface area contributed by atoms with Gasteiger partial charge in [-0.05, 0) is 38.5 Å². The zero-order chi connectivity index (χ0) is 26.8. The molecular weight excluding hydrogens is 456 g/mol. The lowest BCUT2D eigenvalue weighted by Crippen LogP contribution is -2.35. The van der Waals surface area contributed by atoms with Gasteiger partial charge in [-0.15, -0.1) is 0 Å². The molecule has 1 N–H and O–H groups in total. The van der Waals surface area contributed by atoms with Crippen molar-refractivity contribution in [3.8, 4) is 0 Å². The highest BCUT2D eigenvalue weighted by Gasteiger charge is 2.29. The van der Waals surface area contributed by atoms with Crippen molar-refractivity contribution in [2.24, 2.45) is 11.8 Å². The molecule has 9 heteroatoms. The van der Waals surface area contributed by atoms with E-state index in [1.807, 2.05) is 13.8 Å². The molecule has 5 unspecified atom stereocenters. The fourth-order valence-corrected chi connectivity index (χ4v) is 3.27. The van der Waals surface area contributed by atoms with E-state index in [0.717, 1.165) is 51.4 Å². The number of carbonyl (C=O) groups excluding carboxylic acids is 4. The number of aliphatic hydroxyl groups is 1. The van der Waals surface area contributed by atoms with E-state index < -0.39 is 48.6 Å². The van der Waals surface area contributed by atoms with Gasteiger partial charge in [0, 0.05) is 0 Å². The van der Waals surface area contributed by atoms with Gasteiger partial charge in [-0.2, -0.15) is 0 Å². The van der Waals surface area contributed by atoms with Crippen LogP contribution in [0.4, 0.5) is 0 Å². The highest BCUT2D eigenvalue weighted by Crippen LogP contribution is 2.15. The molecule has 0 bridgehead atoms. The lowest BCUT2D eigenvalue weighted by molar-refractivity contribution is -0.176. The second-order valence-corrected chi connectivity index (χ2v) is 9.02. The number of aliphatic hydroxyl groups excluding tert-OH is 1. The first-order valence-corrected chi connectivity index (χ1v) is 13.0. The third kappa shape index (κ3) is 14.8. The molecule has 0 saturated heterocycles. The fraction of sp³-hybridized carbons (Fsp3) is 0.846. The SMILES string of the molecule is CCCCC(CC)COC(=O)C(C)OC(=O)CC(O)C(=O)OC(C)C(=O)OCC(CC)CCCC. The first-order valence-electron chi connectivity index (χ1n) is 13.0. The van der Waals surface area contributed by atoms with Crippen LogP contribution in [0, 0.1) is 11.8 Å². The third-order valence-corrected chi connectivity index (χ3v) is 5.91. The molecule has 0 heterocycles. The van der Waals surface area contributed by atoms with Crippen LogP contribution in [0.1, 0.15) is 99.3 Å². The van der Waals surface area contributed by atoms with Crippen LogP contribution in [-0.2, 0) is 38.1 Å². The van der Waals surface area contributed by atoms with Gasteiger partial charge in [0.15, 0.2) is 18.3 Å². The van der Waals surface area contributed by atoms with Crippen LogP contribution in [0.25, 0.3) is 0 Å². The van der Waals surface area contributed by atoms with E-state index in [2.05, 4.69) is 13.8 Å². The molecule has 9 nitrogen and oxygen atoms in total. The number of esters is 4. The quantitative estimate of drug-likeness (QED) is 0.205. The van der Waals surface area contributed by atoms with Crippen molar-refractivity contribution in [2.75, 3.05) is 13.2 Å². The zero-order valence-electron chi connectivity index (χ0n) is 22.4. The Kier molecular flexibility index (Phi) is 17.9. The summed E-state index contributed by atoms with van der Waals surface area (Å²) in [7, 11) is 0. The van der Waals surface area contributed by atoms with E-state index in [1.54, 1.807) is 0 Å². The normalized spacial score (nSPS) is 15.3. The van der Waals surface area contributed by atoms with E-state index in [4.69, 9.17) is 18.9 Å². The molecule has 0 fully saturated rings. The number of ether oxygens (including phenoxy) is 4. The maximum absolute atomic E-state index is 12.1. The van der Waals surface area contributed by atoms with Gasteiger partial charge in [-0.25, -0.2) is 14.4 Å². The topological polar surface area (TPSA) is 125 Å². The van der Waals surface area contributed by atoms with Gasteiger partial charge in [0.25, 0.3) is 0 Å². The first-order chi connectivity index (χ1) is 16.6. The van der Waals surface area contributed by atoms with Gasteiger partial charge in [0.1, 0.15) is 0 Å². The predicted octanol–water partition coefficient (Wildman–Crippen LogP) is 4.12. The molecule has 0 aromatic rings. The van der Waals surface area contributed by atoms with E-state index in [-0.39, 0.29) is 25.0 Å². The summed E-state index contributed by atoms with van der Waals surface area (Å²) in [5.74, 6) is -3.04. The molecule has 0 amide bonds. The third-order valence-electron chi connectivity index (χ3n) is 5.91. The second kappa shape index (κ2) is 19.1. The van der Waals surface area contributed by atoms with Gasteiger partial charge in [0.05, 0.1) is 19.6 Å². The minimum absolute atomic E-state index is 0.234. The molecule has 0 aliphatic heterocycles. The van der Waals surface area contributed by atoms with Gasteiger partial charge >= 0.3 is 23.9 Å². The van der Waals surface area contributed by atoms with Crippen molar-refractivity contribution in [3.05, 3.63) is 0 Å². The molecule has 0 radical (unpaired) electrons. The highest BCUT2D eigenvalue weighted by molar-refractivity contribution is 5.85. The van der Waals surface area contributed by atoms with Crippen molar-refractivity contribution < 1.29 is 43.2 Å². The Balaban J connectivity index is 4.44. The number of hydrogen-bond acceptors (Lipinski definition) is 9. The minimum Gasteiger partial charge on any atom is -0.463 e. The van der Waals surface area contributed by atoms with E-state index in [1.165, 1.54) is 13.8 Å². The molecule has 35 heavy (non-hydrogen) atoms. The monoisotopic (exact) mass is 502 g/mol. The zero-order valence-corrected chi connectivity index (χ0v) is 22.4. The molecule has 5 atom stereocenters. The Hall–Kier alpha value is -2.16. The molecule has 0 saturated carbocycles. The lowest BCUT2D eigenvalue weighted by Gasteiger charge is -2.19. The Bertz CT molecular complexity index is 634. The Morgan fingerprint density at radius 3 is 1.51 bits per heavy atom. The van der Waals surface area contributed by atoms with Crippen molar-refractivity contribution >= 4 is 23.9 Å².